The van der Waals surface area contributed by atoms with E-state index in [0.717, 1.165) is 48.2 Å². The van der Waals surface area contributed by atoms with Gasteiger partial charge in [0, 0.05) is 32.1 Å². The summed E-state index contributed by atoms with van der Waals surface area (Å²) in [6.45, 7) is 5.94. The van der Waals surface area contributed by atoms with Crippen LogP contribution < -0.4 is 5.32 Å². The summed E-state index contributed by atoms with van der Waals surface area (Å²) in [5, 5.41) is 7.64. The smallest absolute Gasteiger partial charge is 0.135 e. The van der Waals surface area contributed by atoms with Crippen molar-refractivity contribution >= 4 is 11.6 Å². The normalized spacial score (nSPS) is 17.4. The first-order valence-corrected chi connectivity index (χ1v) is 9.35. The van der Waals surface area contributed by atoms with E-state index in [4.69, 9.17) is 4.98 Å². The third kappa shape index (κ3) is 3.83. The van der Waals surface area contributed by atoms with Crippen molar-refractivity contribution in [2.24, 2.45) is 7.05 Å². The minimum atomic E-state index is 0.298. The van der Waals surface area contributed by atoms with Crippen molar-refractivity contribution < 1.29 is 0 Å². The summed E-state index contributed by atoms with van der Waals surface area (Å²) in [4.78, 5) is 16.2. The quantitative estimate of drug-likeness (QED) is 0.750. The fourth-order valence-electron chi connectivity index (χ4n) is 3.68. The van der Waals surface area contributed by atoms with Gasteiger partial charge in [-0.1, -0.05) is 6.07 Å². The molecule has 1 aliphatic rings. The van der Waals surface area contributed by atoms with E-state index >= 15 is 0 Å². The summed E-state index contributed by atoms with van der Waals surface area (Å²) in [5.41, 5.74) is 3.38. The molecule has 0 amide bonds. The molecule has 1 fully saturated rings. The lowest BCUT2D eigenvalue weighted by atomic mass is 10.1. The number of aromatic nitrogens is 5. The summed E-state index contributed by atoms with van der Waals surface area (Å²) in [7, 11) is 1.99. The van der Waals surface area contributed by atoms with Crippen LogP contribution >= 0.6 is 0 Å². The molecule has 1 saturated heterocycles. The van der Waals surface area contributed by atoms with Gasteiger partial charge in [0.15, 0.2) is 0 Å². The van der Waals surface area contributed by atoms with E-state index < -0.39 is 0 Å². The van der Waals surface area contributed by atoms with Gasteiger partial charge in [-0.2, -0.15) is 5.10 Å². The third-order valence-corrected chi connectivity index (χ3v) is 5.11. The molecule has 0 spiro atoms. The van der Waals surface area contributed by atoms with Crippen LogP contribution in [0.15, 0.2) is 36.7 Å². The molecule has 7 nitrogen and oxygen atoms in total. The Kier molecular flexibility index (Phi) is 4.85. The number of anilines is 2. The molecule has 4 heterocycles. The minimum absolute atomic E-state index is 0.298. The molecule has 0 radical (unpaired) electrons. The maximum atomic E-state index is 4.75. The van der Waals surface area contributed by atoms with Gasteiger partial charge in [-0.3, -0.25) is 9.58 Å². The van der Waals surface area contributed by atoms with E-state index in [-0.39, 0.29) is 0 Å². The summed E-state index contributed by atoms with van der Waals surface area (Å²) in [6, 6.07) is 8.42. The Morgan fingerprint density at radius 2 is 2.07 bits per heavy atom. The van der Waals surface area contributed by atoms with E-state index in [2.05, 4.69) is 37.4 Å². The zero-order valence-corrected chi connectivity index (χ0v) is 16.1. The van der Waals surface area contributed by atoms with E-state index in [1.54, 1.807) is 6.20 Å². The summed E-state index contributed by atoms with van der Waals surface area (Å²) in [6.07, 6.45) is 5.92. The van der Waals surface area contributed by atoms with Crippen LogP contribution in [0.5, 0.6) is 0 Å². The molecule has 1 aliphatic heterocycles. The second-order valence-corrected chi connectivity index (χ2v) is 7.09. The highest BCUT2D eigenvalue weighted by atomic mass is 15.3. The highest BCUT2D eigenvalue weighted by Gasteiger charge is 2.28. The monoisotopic (exact) mass is 363 g/mol. The van der Waals surface area contributed by atoms with Crippen molar-refractivity contribution in [3.8, 4) is 0 Å². The molecule has 0 unspecified atom stereocenters. The number of rotatable bonds is 5. The standard InChI is InChI=1S/C20H25N7/c1-14-6-4-9-21-20(14)25-19-12-17(23-15(2)24-19)18-7-5-11-27(18)13-16-8-10-22-26(16)3/h4,6,8-10,12,18H,5,7,11,13H2,1-3H3,(H,21,23,24,25)/t18-/m1/s1. The molecule has 0 saturated carbocycles. The predicted octanol–water partition coefficient (Wildman–Crippen LogP) is 3.30. The zero-order valence-electron chi connectivity index (χ0n) is 16.1. The topological polar surface area (TPSA) is 71.8 Å². The van der Waals surface area contributed by atoms with E-state index in [1.165, 1.54) is 12.1 Å². The first-order chi connectivity index (χ1) is 13.1. The van der Waals surface area contributed by atoms with Gasteiger partial charge < -0.3 is 5.32 Å². The second kappa shape index (κ2) is 7.44. The van der Waals surface area contributed by atoms with Crippen molar-refractivity contribution in [3.05, 3.63) is 59.4 Å². The molecule has 27 heavy (non-hydrogen) atoms. The van der Waals surface area contributed by atoms with Crippen LogP contribution in [0.3, 0.4) is 0 Å². The van der Waals surface area contributed by atoms with Crippen molar-refractivity contribution in [2.75, 3.05) is 11.9 Å². The Balaban J connectivity index is 1.58. The number of nitrogens with one attached hydrogen (secondary N) is 1. The van der Waals surface area contributed by atoms with Crippen LogP contribution in [0.1, 0.15) is 41.7 Å². The Morgan fingerprint density at radius 1 is 1.19 bits per heavy atom. The number of hydrogen-bond acceptors (Lipinski definition) is 6. The maximum Gasteiger partial charge on any atom is 0.135 e. The van der Waals surface area contributed by atoms with Gasteiger partial charge in [-0.25, -0.2) is 15.0 Å². The van der Waals surface area contributed by atoms with Gasteiger partial charge in [0.25, 0.3) is 0 Å². The summed E-state index contributed by atoms with van der Waals surface area (Å²) < 4.78 is 1.94. The van der Waals surface area contributed by atoms with Gasteiger partial charge in [0.05, 0.1) is 17.4 Å². The largest absolute Gasteiger partial charge is 0.325 e. The Morgan fingerprint density at radius 3 is 2.85 bits per heavy atom. The molecule has 4 rings (SSSR count). The van der Waals surface area contributed by atoms with Crippen LogP contribution in [-0.2, 0) is 13.6 Å². The predicted molar refractivity (Wildman–Crippen MR) is 105 cm³/mol. The van der Waals surface area contributed by atoms with Crippen molar-refractivity contribution in [1.29, 1.82) is 0 Å². The number of hydrogen-bond donors (Lipinski definition) is 1. The molecule has 140 valence electrons. The van der Waals surface area contributed by atoms with Crippen LogP contribution in [0.25, 0.3) is 0 Å². The van der Waals surface area contributed by atoms with Gasteiger partial charge in [0.2, 0.25) is 0 Å². The van der Waals surface area contributed by atoms with Crippen molar-refractivity contribution in [3.63, 3.8) is 0 Å². The molecule has 1 N–H and O–H groups in total. The molecule has 7 heteroatoms. The van der Waals surface area contributed by atoms with Crippen molar-refractivity contribution in [2.45, 2.75) is 39.3 Å². The number of pyridine rings is 1. The van der Waals surface area contributed by atoms with Crippen LogP contribution in [0.4, 0.5) is 11.6 Å². The molecule has 3 aromatic rings. The van der Waals surface area contributed by atoms with Crippen LogP contribution in [0, 0.1) is 13.8 Å². The Bertz CT molecular complexity index is 934. The highest BCUT2D eigenvalue weighted by molar-refractivity contribution is 5.55. The van der Waals surface area contributed by atoms with Crippen molar-refractivity contribution in [1.82, 2.24) is 29.6 Å². The number of aryl methyl sites for hydroxylation is 3. The molecule has 0 aromatic carbocycles. The molecular formula is C20H25N7. The summed E-state index contributed by atoms with van der Waals surface area (Å²) in [5.74, 6) is 2.40. The molecule has 1 atom stereocenters. The van der Waals surface area contributed by atoms with Gasteiger partial charge in [0.1, 0.15) is 17.5 Å². The Labute approximate surface area is 159 Å². The molecule has 0 bridgehead atoms. The van der Waals surface area contributed by atoms with Gasteiger partial charge in [-0.15, -0.1) is 0 Å². The van der Waals surface area contributed by atoms with Gasteiger partial charge in [-0.05, 0) is 50.9 Å². The average molecular weight is 363 g/mol. The lowest BCUT2D eigenvalue weighted by Gasteiger charge is -2.24. The fraction of sp³-hybridized carbons (Fsp3) is 0.400. The first kappa shape index (κ1) is 17.6. The zero-order chi connectivity index (χ0) is 18.8. The van der Waals surface area contributed by atoms with E-state index in [1.807, 2.05) is 43.9 Å². The first-order valence-electron chi connectivity index (χ1n) is 9.35. The highest BCUT2D eigenvalue weighted by Crippen LogP contribution is 2.33. The SMILES string of the molecule is Cc1nc(Nc2ncccc2C)cc([C@H]2CCCN2Cc2ccnn2C)n1. The lowest BCUT2D eigenvalue weighted by molar-refractivity contribution is 0.238. The third-order valence-electron chi connectivity index (χ3n) is 5.11. The Hall–Kier alpha value is -2.80. The van der Waals surface area contributed by atoms with Crippen LogP contribution in [-0.4, -0.2) is 36.2 Å². The lowest BCUT2D eigenvalue weighted by Crippen LogP contribution is -2.25. The average Bonchev–Trinajstić information content (AvgIpc) is 3.26. The van der Waals surface area contributed by atoms with Gasteiger partial charge >= 0.3 is 0 Å². The molecule has 0 aliphatic carbocycles. The van der Waals surface area contributed by atoms with E-state index in [0.29, 0.717) is 6.04 Å². The minimum Gasteiger partial charge on any atom is -0.325 e. The van der Waals surface area contributed by atoms with Crippen LogP contribution in [0.2, 0.25) is 0 Å². The number of likely N-dealkylation sites (tertiary alicyclic amines) is 1. The fourth-order valence-corrected chi connectivity index (χ4v) is 3.68. The second-order valence-electron chi connectivity index (χ2n) is 7.09. The van der Waals surface area contributed by atoms with E-state index in [9.17, 15) is 0 Å². The molecular weight excluding hydrogens is 338 g/mol. The summed E-state index contributed by atoms with van der Waals surface area (Å²) >= 11 is 0. The maximum absolute atomic E-state index is 4.75. The molecule has 3 aromatic heterocycles. The number of nitrogens with zero attached hydrogens (tertiary/aromatic N) is 6.